The van der Waals surface area contributed by atoms with Gasteiger partial charge >= 0.3 is 12.0 Å². The number of nitrogens with two attached hydrogens (primary N) is 1. The number of imidazole rings is 1. The highest BCUT2D eigenvalue weighted by Gasteiger charge is 2.31. The van der Waals surface area contributed by atoms with E-state index in [0.29, 0.717) is 0 Å². The molecule has 0 aliphatic heterocycles. The molecule has 0 fully saturated rings. The van der Waals surface area contributed by atoms with Gasteiger partial charge in [0.25, 0.3) is 0 Å². The van der Waals surface area contributed by atoms with E-state index in [4.69, 9.17) is 5.73 Å². The van der Waals surface area contributed by atoms with Crippen LogP contribution in [0.3, 0.4) is 0 Å². The maximum absolute atomic E-state index is 12.6. The normalized spacial score (nSPS) is 11.5. The van der Waals surface area contributed by atoms with Crippen LogP contribution in [0.2, 0.25) is 0 Å². The van der Waals surface area contributed by atoms with Gasteiger partial charge in [-0.1, -0.05) is 0 Å². The molecule has 0 bridgehead atoms. The van der Waals surface area contributed by atoms with Crippen LogP contribution in [0.1, 0.15) is 5.56 Å². The molecule has 0 saturated carbocycles. The second-order valence-corrected chi connectivity index (χ2v) is 3.71. The van der Waals surface area contributed by atoms with Crippen molar-refractivity contribution < 1.29 is 18.1 Å². The Morgan fingerprint density at radius 2 is 2.00 bits per heavy atom. The number of benzene rings is 1. The van der Waals surface area contributed by atoms with Gasteiger partial charge in [-0.05, 0) is 28.1 Å². The molecule has 0 atom stereocenters. The molecule has 6 nitrogen and oxygen atoms in total. The largest absolute Gasteiger partial charge is 0.416 e. The van der Waals surface area contributed by atoms with Crippen LogP contribution in [-0.4, -0.2) is 14.5 Å². The van der Waals surface area contributed by atoms with Gasteiger partial charge < -0.3 is 15.8 Å². The van der Waals surface area contributed by atoms with Crippen molar-refractivity contribution in [3.63, 3.8) is 0 Å². The summed E-state index contributed by atoms with van der Waals surface area (Å²) < 4.78 is 38.9. The summed E-state index contributed by atoms with van der Waals surface area (Å²) >= 11 is 0. The molecule has 0 spiro atoms. The van der Waals surface area contributed by atoms with Gasteiger partial charge in [-0.25, -0.2) is 0 Å². The Morgan fingerprint density at radius 1 is 1.32 bits per heavy atom. The molecule has 19 heavy (non-hydrogen) atoms. The van der Waals surface area contributed by atoms with Crippen molar-refractivity contribution in [2.45, 2.75) is 6.18 Å². The van der Waals surface area contributed by atoms with Crippen LogP contribution in [0, 0.1) is 10.1 Å². The van der Waals surface area contributed by atoms with E-state index in [0.717, 1.165) is 29.2 Å². The lowest BCUT2D eigenvalue weighted by Gasteiger charge is -2.10. The third-order valence-corrected chi connectivity index (χ3v) is 2.32. The maximum atomic E-state index is 12.6. The lowest BCUT2D eigenvalue weighted by atomic mass is 10.1. The lowest BCUT2D eigenvalue weighted by molar-refractivity contribution is -0.389. The second-order valence-electron chi connectivity index (χ2n) is 3.71. The Balaban J connectivity index is 2.50. The monoisotopic (exact) mass is 272 g/mol. The Hall–Kier alpha value is -2.58. The van der Waals surface area contributed by atoms with E-state index in [1.165, 1.54) is 6.07 Å². The van der Waals surface area contributed by atoms with Gasteiger partial charge in [0.2, 0.25) is 6.33 Å². The van der Waals surface area contributed by atoms with Crippen molar-refractivity contribution >= 4 is 11.5 Å². The fourth-order valence-electron chi connectivity index (χ4n) is 1.50. The van der Waals surface area contributed by atoms with Gasteiger partial charge in [0, 0.05) is 5.69 Å². The Kier molecular flexibility index (Phi) is 2.89. The van der Waals surface area contributed by atoms with Crippen molar-refractivity contribution in [3.8, 4) is 5.69 Å². The van der Waals surface area contributed by atoms with Crippen LogP contribution < -0.4 is 5.73 Å². The first-order chi connectivity index (χ1) is 8.77. The summed E-state index contributed by atoms with van der Waals surface area (Å²) in [5.74, 6) is -0.462. The van der Waals surface area contributed by atoms with Gasteiger partial charge in [0.1, 0.15) is 6.20 Å². The number of anilines is 1. The highest BCUT2D eigenvalue weighted by atomic mass is 19.4. The highest BCUT2D eigenvalue weighted by molar-refractivity contribution is 5.52. The molecule has 2 N–H and O–H groups in total. The van der Waals surface area contributed by atoms with Gasteiger partial charge in [0.05, 0.1) is 11.3 Å². The summed E-state index contributed by atoms with van der Waals surface area (Å²) in [5, 5.41) is 10.5. The minimum absolute atomic E-state index is 0.0490. The Labute approximate surface area is 104 Å². The van der Waals surface area contributed by atoms with E-state index < -0.39 is 22.5 Å². The van der Waals surface area contributed by atoms with E-state index in [-0.39, 0.29) is 11.4 Å². The van der Waals surface area contributed by atoms with Gasteiger partial charge in [-0.15, -0.1) is 0 Å². The summed E-state index contributed by atoms with van der Waals surface area (Å²) in [4.78, 5) is 13.2. The molecule has 1 heterocycles. The molecule has 0 unspecified atom stereocenters. The molecule has 1 aromatic carbocycles. The number of hydrogen-bond donors (Lipinski definition) is 1. The topological polar surface area (TPSA) is 87.0 Å². The fraction of sp³-hybridized carbons (Fsp3) is 0.100. The average Bonchev–Trinajstić information content (AvgIpc) is 2.76. The average molecular weight is 272 g/mol. The van der Waals surface area contributed by atoms with Crippen LogP contribution in [0.15, 0.2) is 30.7 Å². The number of nitro groups is 1. The number of hydrogen-bond acceptors (Lipinski definition) is 4. The zero-order valence-electron chi connectivity index (χ0n) is 9.26. The Bertz CT molecular complexity index is 636. The number of alkyl halides is 3. The van der Waals surface area contributed by atoms with Crippen molar-refractivity contribution in [2.75, 3.05) is 5.73 Å². The van der Waals surface area contributed by atoms with E-state index in [1.54, 1.807) is 0 Å². The summed E-state index contributed by atoms with van der Waals surface area (Å²) in [7, 11) is 0. The molecular weight excluding hydrogens is 265 g/mol. The van der Waals surface area contributed by atoms with E-state index >= 15 is 0 Å². The van der Waals surface area contributed by atoms with E-state index in [1.807, 2.05) is 0 Å². The SMILES string of the molecule is Nc1cc(-n2cnc([N+](=O)[O-])c2)cc(C(F)(F)F)c1. The zero-order chi connectivity index (χ0) is 14.2. The van der Waals surface area contributed by atoms with Crippen LogP contribution in [0.4, 0.5) is 24.7 Å². The Morgan fingerprint density at radius 3 is 2.53 bits per heavy atom. The molecule has 0 aliphatic carbocycles. The van der Waals surface area contributed by atoms with Crippen molar-refractivity contribution in [3.05, 3.63) is 46.4 Å². The molecular formula is C10H7F3N4O2. The predicted molar refractivity (Wildman–Crippen MR) is 59.6 cm³/mol. The molecule has 2 rings (SSSR count). The van der Waals surface area contributed by atoms with Crippen molar-refractivity contribution in [2.24, 2.45) is 0 Å². The van der Waals surface area contributed by atoms with Crippen molar-refractivity contribution in [1.82, 2.24) is 9.55 Å². The van der Waals surface area contributed by atoms with Crippen LogP contribution in [0.25, 0.3) is 5.69 Å². The molecule has 9 heteroatoms. The first-order valence-electron chi connectivity index (χ1n) is 4.94. The van der Waals surface area contributed by atoms with Crippen LogP contribution in [0.5, 0.6) is 0 Å². The number of nitrogens with zero attached hydrogens (tertiary/aromatic N) is 3. The van der Waals surface area contributed by atoms with E-state index in [2.05, 4.69) is 4.98 Å². The summed E-state index contributed by atoms with van der Waals surface area (Å²) in [6.45, 7) is 0. The molecule has 0 amide bonds. The minimum atomic E-state index is -4.54. The molecule has 1 aromatic heterocycles. The number of aromatic nitrogens is 2. The van der Waals surface area contributed by atoms with Gasteiger partial charge in [-0.2, -0.15) is 13.2 Å². The minimum Gasteiger partial charge on any atom is -0.399 e. The van der Waals surface area contributed by atoms with Crippen LogP contribution >= 0.6 is 0 Å². The molecule has 0 saturated heterocycles. The molecule has 2 aromatic rings. The summed E-state index contributed by atoms with van der Waals surface area (Å²) in [6, 6.07) is 2.89. The predicted octanol–water partition coefficient (Wildman–Crippen LogP) is 2.38. The quantitative estimate of drug-likeness (QED) is 0.516. The number of rotatable bonds is 2. The van der Waals surface area contributed by atoms with E-state index in [9.17, 15) is 23.3 Å². The van der Waals surface area contributed by atoms with Gasteiger partial charge in [-0.3, -0.25) is 4.57 Å². The fourth-order valence-corrected chi connectivity index (χ4v) is 1.50. The highest BCUT2D eigenvalue weighted by Crippen LogP contribution is 2.32. The molecule has 100 valence electrons. The third-order valence-electron chi connectivity index (χ3n) is 2.32. The standard InChI is InChI=1S/C10H7F3N4O2/c11-10(12,13)6-1-7(14)3-8(2-6)16-4-9(15-5-16)17(18)19/h1-5H,14H2. The smallest absolute Gasteiger partial charge is 0.399 e. The first kappa shape index (κ1) is 12.9. The zero-order valence-corrected chi connectivity index (χ0v) is 9.26. The number of nitrogen functional groups attached to an aromatic ring is 1. The number of halogens is 3. The van der Waals surface area contributed by atoms with Crippen molar-refractivity contribution in [1.29, 1.82) is 0 Å². The molecule has 0 aliphatic rings. The van der Waals surface area contributed by atoms with Gasteiger partial charge in [0.15, 0.2) is 0 Å². The van der Waals surface area contributed by atoms with Crippen LogP contribution in [-0.2, 0) is 6.18 Å². The third kappa shape index (κ3) is 2.64. The molecule has 0 radical (unpaired) electrons. The lowest BCUT2D eigenvalue weighted by Crippen LogP contribution is -2.07. The maximum Gasteiger partial charge on any atom is 0.416 e. The summed E-state index contributed by atoms with van der Waals surface area (Å²) in [6.07, 6.45) is -2.49. The summed E-state index contributed by atoms with van der Waals surface area (Å²) in [5.41, 5.74) is 4.41. The second kappa shape index (κ2) is 4.26. The first-order valence-corrected chi connectivity index (χ1v) is 4.94.